The molecule has 0 saturated carbocycles. The van der Waals surface area contributed by atoms with Crippen molar-refractivity contribution in [2.75, 3.05) is 11.9 Å². The third-order valence-corrected chi connectivity index (χ3v) is 6.67. The van der Waals surface area contributed by atoms with Gasteiger partial charge in [-0.25, -0.2) is 8.42 Å². The largest absolute Gasteiger partial charge is 0.325 e. The van der Waals surface area contributed by atoms with Gasteiger partial charge in [-0.05, 0) is 55.3 Å². The van der Waals surface area contributed by atoms with E-state index < -0.39 is 22.0 Å². The third kappa shape index (κ3) is 4.15. The van der Waals surface area contributed by atoms with Crippen LogP contribution in [0.15, 0.2) is 47.4 Å². The number of benzene rings is 2. The van der Waals surface area contributed by atoms with Gasteiger partial charge in [-0.3, -0.25) is 4.79 Å². The highest BCUT2D eigenvalue weighted by atomic mass is 35.5. The van der Waals surface area contributed by atoms with E-state index in [2.05, 4.69) is 5.32 Å². The summed E-state index contributed by atoms with van der Waals surface area (Å²) in [6.45, 7) is 0.277. The maximum Gasteiger partial charge on any atom is 0.243 e. The minimum Gasteiger partial charge on any atom is -0.325 e. The SMILES string of the molecule is O=C(Nc1cc(Cl)cc(Cl)c1)C1CCCN1S(=O)(=O)c1ccc(Cl)cc1. The van der Waals surface area contributed by atoms with Gasteiger partial charge in [-0.2, -0.15) is 4.31 Å². The van der Waals surface area contributed by atoms with Gasteiger partial charge in [0.05, 0.1) is 4.90 Å². The minimum atomic E-state index is -3.80. The average Bonchev–Trinajstić information content (AvgIpc) is 3.05. The number of hydrogen-bond acceptors (Lipinski definition) is 3. The Labute approximate surface area is 166 Å². The lowest BCUT2D eigenvalue weighted by Gasteiger charge is -2.23. The Kier molecular flexibility index (Phi) is 5.79. The van der Waals surface area contributed by atoms with E-state index >= 15 is 0 Å². The highest BCUT2D eigenvalue weighted by molar-refractivity contribution is 7.89. The molecule has 1 saturated heterocycles. The normalized spacial score (nSPS) is 18.0. The number of sulfonamides is 1. The first-order chi connectivity index (χ1) is 12.3. The molecule has 0 radical (unpaired) electrons. The zero-order valence-electron chi connectivity index (χ0n) is 13.5. The summed E-state index contributed by atoms with van der Waals surface area (Å²) in [5, 5.41) is 3.89. The molecule has 0 aromatic heterocycles. The monoisotopic (exact) mass is 432 g/mol. The van der Waals surface area contributed by atoms with Crippen LogP contribution in [0.4, 0.5) is 5.69 Å². The molecule has 1 unspecified atom stereocenters. The Hall–Kier alpha value is -1.31. The van der Waals surface area contributed by atoms with Crippen molar-refractivity contribution in [3.8, 4) is 0 Å². The zero-order valence-corrected chi connectivity index (χ0v) is 16.5. The summed E-state index contributed by atoms with van der Waals surface area (Å²) in [4.78, 5) is 12.8. The second-order valence-corrected chi connectivity index (χ2v) is 9.07. The highest BCUT2D eigenvalue weighted by Crippen LogP contribution is 2.28. The fourth-order valence-corrected chi connectivity index (χ4v) is 5.19. The quantitative estimate of drug-likeness (QED) is 0.775. The summed E-state index contributed by atoms with van der Waals surface area (Å²) in [6, 6.07) is 9.74. The molecule has 1 heterocycles. The number of amides is 1. The molecule has 2 aromatic carbocycles. The Morgan fingerprint density at radius 2 is 1.62 bits per heavy atom. The van der Waals surface area contributed by atoms with Crippen LogP contribution in [0.2, 0.25) is 15.1 Å². The van der Waals surface area contributed by atoms with Gasteiger partial charge in [0, 0.05) is 27.3 Å². The van der Waals surface area contributed by atoms with Crippen molar-refractivity contribution in [3.63, 3.8) is 0 Å². The van der Waals surface area contributed by atoms with E-state index in [0.717, 1.165) is 0 Å². The van der Waals surface area contributed by atoms with Gasteiger partial charge < -0.3 is 5.32 Å². The fourth-order valence-electron chi connectivity index (χ4n) is 2.88. The number of carbonyl (C=O) groups is 1. The van der Waals surface area contributed by atoms with Crippen molar-refractivity contribution in [2.24, 2.45) is 0 Å². The molecule has 1 atom stereocenters. The summed E-state index contributed by atoms with van der Waals surface area (Å²) in [5.41, 5.74) is 0.420. The van der Waals surface area contributed by atoms with Crippen molar-refractivity contribution in [2.45, 2.75) is 23.8 Å². The van der Waals surface area contributed by atoms with Crippen molar-refractivity contribution >= 4 is 56.4 Å². The lowest BCUT2D eigenvalue weighted by Crippen LogP contribution is -2.43. The first-order valence-corrected chi connectivity index (χ1v) is 10.4. The minimum absolute atomic E-state index is 0.104. The molecule has 0 bridgehead atoms. The molecule has 138 valence electrons. The second kappa shape index (κ2) is 7.74. The van der Waals surface area contributed by atoms with Gasteiger partial charge in [-0.15, -0.1) is 0 Å². The first kappa shape index (κ1) is 19.5. The van der Waals surface area contributed by atoms with Crippen molar-refractivity contribution in [3.05, 3.63) is 57.5 Å². The predicted octanol–water partition coefficient (Wildman–Crippen LogP) is 4.44. The highest BCUT2D eigenvalue weighted by Gasteiger charge is 2.39. The number of carbonyl (C=O) groups excluding carboxylic acids is 1. The fraction of sp³-hybridized carbons (Fsp3) is 0.235. The van der Waals surface area contributed by atoms with Crippen molar-refractivity contribution in [1.29, 1.82) is 0 Å². The van der Waals surface area contributed by atoms with Gasteiger partial charge >= 0.3 is 0 Å². The van der Waals surface area contributed by atoms with Crippen LogP contribution in [0.5, 0.6) is 0 Å². The average molecular weight is 434 g/mol. The van der Waals surface area contributed by atoms with E-state index in [1.54, 1.807) is 18.2 Å². The standard InChI is InChI=1S/C17H15Cl3N2O3S/c18-11-3-5-15(6-4-11)26(24,25)22-7-1-2-16(22)17(23)21-14-9-12(19)8-13(20)10-14/h3-6,8-10,16H,1-2,7H2,(H,21,23). The molecule has 1 aliphatic rings. The number of rotatable bonds is 4. The lowest BCUT2D eigenvalue weighted by molar-refractivity contribution is -0.119. The Morgan fingerprint density at radius 3 is 2.23 bits per heavy atom. The summed E-state index contributed by atoms with van der Waals surface area (Å²) < 4.78 is 27.0. The van der Waals surface area contributed by atoms with Gasteiger partial charge in [0.1, 0.15) is 6.04 Å². The van der Waals surface area contributed by atoms with Crippen LogP contribution in [-0.4, -0.2) is 31.2 Å². The molecule has 0 aliphatic carbocycles. The molecule has 1 aliphatic heterocycles. The molecular formula is C17H15Cl3N2O3S. The van der Waals surface area contributed by atoms with Crippen LogP contribution >= 0.6 is 34.8 Å². The second-order valence-electron chi connectivity index (χ2n) is 5.88. The van der Waals surface area contributed by atoms with Crippen LogP contribution in [0, 0.1) is 0 Å². The number of anilines is 1. The Balaban J connectivity index is 1.83. The maximum atomic E-state index is 12.9. The third-order valence-electron chi connectivity index (χ3n) is 4.06. The van der Waals surface area contributed by atoms with E-state index in [-0.39, 0.29) is 11.4 Å². The molecule has 2 aromatic rings. The van der Waals surface area contributed by atoms with E-state index in [9.17, 15) is 13.2 Å². The Morgan fingerprint density at radius 1 is 1.00 bits per heavy atom. The molecule has 3 rings (SSSR count). The van der Waals surface area contributed by atoms with E-state index in [0.29, 0.717) is 33.6 Å². The molecule has 26 heavy (non-hydrogen) atoms. The van der Waals surface area contributed by atoms with Crippen LogP contribution in [0.25, 0.3) is 0 Å². The molecule has 1 N–H and O–H groups in total. The summed E-state index contributed by atoms with van der Waals surface area (Å²) >= 11 is 17.7. The van der Waals surface area contributed by atoms with Crippen LogP contribution in [-0.2, 0) is 14.8 Å². The van der Waals surface area contributed by atoms with Crippen molar-refractivity contribution < 1.29 is 13.2 Å². The van der Waals surface area contributed by atoms with E-state index in [1.165, 1.54) is 28.6 Å². The van der Waals surface area contributed by atoms with Crippen molar-refractivity contribution in [1.82, 2.24) is 4.31 Å². The van der Waals surface area contributed by atoms with E-state index in [1.807, 2.05) is 0 Å². The summed E-state index contributed by atoms with van der Waals surface area (Å²) in [5.74, 6) is -0.418. The number of nitrogens with zero attached hydrogens (tertiary/aromatic N) is 1. The van der Waals surface area contributed by atoms with Crippen LogP contribution < -0.4 is 5.32 Å². The van der Waals surface area contributed by atoms with Crippen LogP contribution in [0.3, 0.4) is 0 Å². The van der Waals surface area contributed by atoms with E-state index in [4.69, 9.17) is 34.8 Å². The predicted molar refractivity (Wildman–Crippen MR) is 103 cm³/mol. The number of hydrogen-bond donors (Lipinski definition) is 1. The van der Waals surface area contributed by atoms with Crippen LogP contribution in [0.1, 0.15) is 12.8 Å². The first-order valence-electron chi connectivity index (χ1n) is 7.82. The molecule has 0 spiro atoms. The molecule has 5 nitrogen and oxygen atoms in total. The lowest BCUT2D eigenvalue weighted by atomic mass is 10.2. The smallest absolute Gasteiger partial charge is 0.243 e. The number of halogens is 3. The zero-order chi connectivity index (χ0) is 18.9. The molecule has 1 amide bonds. The van der Waals surface area contributed by atoms with Gasteiger partial charge in [0.15, 0.2) is 0 Å². The number of nitrogens with one attached hydrogen (secondary N) is 1. The maximum absolute atomic E-state index is 12.9. The molecule has 1 fully saturated rings. The topological polar surface area (TPSA) is 66.5 Å². The Bertz CT molecular complexity index is 913. The van der Waals surface area contributed by atoms with Gasteiger partial charge in [0.2, 0.25) is 15.9 Å². The van der Waals surface area contributed by atoms with Gasteiger partial charge in [-0.1, -0.05) is 34.8 Å². The summed E-state index contributed by atoms with van der Waals surface area (Å²) in [6.07, 6.45) is 1.04. The molecule has 9 heteroatoms. The summed E-state index contributed by atoms with van der Waals surface area (Å²) in [7, 11) is -3.80. The molecular weight excluding hydrogens is 419 g/mol. The van der Waals surface area contributed by atoms with Gasteiger partial charge in [0.25, 0.3) is 0 Å².